The third-order valence-corrected chi connectivity index (χ3v) is 4.52. The third-order valence-electron chi connectivity index (χ3n) is 3.50. The van der Waals surface area contributed by atoms with Gasteiger partial charge in [0.2, 0.25) is 0 Å². The maximum Gasteiger partial charge on any atom is 0.300 e. The van der Waals surface area contributed by atoms with Gasteiger partial charge in [0, 0.05) is 18.3 Å². The fraction of sp³-hybridized carbons (Fsp3) is 0.235. The van der Waals surface area contributed by atoms with Gasteiger partial charge in [-0.1, -0.05) is 17.3 Å². The summed E-state index contributed by atoms with van der Waals surface area (Å²) in [4.78, 5) is 16.6. The predicted molar refractivity (Wildman–Crippen MR) is 91.1 cm³/mol. The zero-order valence-electron chi connectivity index (χ0n) is 13.5. The van der Waals surface area contributed by atoms with Crippen LogP contribution in [0.3, 0.4) is 0 Å². The van der Waals surface area contributed by atoms with Crippen molar-refractivity contribution in [1.82, 2.24) is 14.3 Å². The Morgan fingerprint density at radius 1 is 1.44 bits per heavy atom. The van der Waals surface area contributed by atoms with Gasteiger partial charge < -0.3 is 4.57 Å². The number of hydrogen-bond donors (Lipinski definition) is 0. The number of rotatable bonds is 3. The van der Waals surface area contributed by atoms with Crippen LogP contribution in [-0.2, 0) is 6.54 Å². The molecule has 0 aliphatic carbocycles. The lowest BCUT2D eigenvalue weighted by Gasteiger charge is -2.03. The van der Waals surface area contributed by atoms with Gasteiger partial charge in [0.1, 0.15) is 5.82 Å². The average Bonchev–Trinajstić information content (AvgIpc) is 3.13. The minimum absolute atomic E-state index is 0.00903. The molecule has 1 aromatic carbocycles. The molecule has 25 heavy (non-hydrogen) atoms. The molecule has 0 fully saturated rings. The van der Waals surface area contributed by atoms with Crippen LogP contribution in [0.15, 0.2) is 29.4 Å². The SMILES string of the molecule is C#CCn1c(=NC(=O)c2ccn(C(C)C)n2)sc2cc(F)cc(F)c21. The van der Waals surface area contributed by atoms with Gasteiger partial charge in [-0.3, -0.25) is 9.48 Å². The Bertz CT molecular complexity index is 1070. The molecule has 2 heterocycles. The number of amides is 1. The number of benzene rings is 1. The normalized spacial score (nSPS) is 12.1. The number of halogens is 2. The fourth-order valence-electron chi connectivity index (χ4n) is 2.34. The van der Waals surface area contributed by atoms with E-state index < -0.39 is 17.5 Å². The molecule has 2 aromatic heterocycles. The van der Waals surface area contributed by atoms with Gasteiger partial charge in [0.15, 0.2) is 16.3 Å². The monoisotopic (exact) mass is 360 g/mol. The summed E-state index contributed by atoms with van der Waals surface area (Å²) in [6.45, 7) is 3.88. The number of terminal acetylenes is 1. The molecule has 3 rings (SSSR count). The minimum Gasteiger partial charge on any atom is -0.302 e. The first-order valence-corrected chi connectivity index (χ1v) is 8.28. The number of nitrogens with zero attached hydrogens (tertiary/aromatic N) is 4. The maximum absolute atomic E-state index is 14.1. The topological polar surface area (TPSA) is 52.2 Å². The summed E-state index contributed by atoms with van der Waals surface area (Å²) < 4.78 is 30.9. The summed E-state index contributed by atoms with van der Waals surface area (Å²) in [5.41, 5.74) is 0.300. The van der Waals surface area contributed by atoms with E-state index in [1.807, 2.05) is 13.8 Å². The number of carbonyl (C=O) groups is 1. The lowest BCUT2D eigenvalue weighted by Crippen LogP contribution is -2.17. The molecule has 0 N–H and O–H groups in total. The summed E-state index contributed by atoms with van der Waals surface area (Å²) >= 11 is 0.994. The molecule has 0 atom stereocenters. The molecule has 0 unspecified atom stereocenters. The van der Waals surface area contributed by atoms with Crippen molar-refractivity contribution < 1.29 is 13.6 Å². The zero-order valence-corrected chi connectivity index (χ0v) is 14.3. The van der Waals surface area contributed by atoms with Gasteiger partial charge in [-0.05, 0) is 26.0 Å². The first-order chi connectivity index (χ1) is 11.9. The summed E-state index contributed by atoms with van der Waals surface area (Å²) in [6.07, 6.45) is 7.02. The molecule has 0 aliphatic heterocycles. The van der Waals surface area contributed by atoms with Crippen molar-refractivity contribution in [2.75, 3.05) is 0 Å². The van der Waals surface area contributed by atoms with E-state index in [1.54, 1.807) is 16.9 Å². The number of hydrogen-bond acceptors (Lipinski definition) is 3. The average molecular weight is 360 g/mol. The van der Waals surface area contributed by atoms with Crippen LogP contribution in [0, 0.1) is 24.0 Å². The van der Waals surface area contributed by atoms with Gasteiger partial charge in [0.05, 0.1) is 16.8 Å². The van der Waals surface area contributed by atoms with E-state index in [-0.39, 0.29) is 28.6 Å². The molecule has 3 aromatic rings. The van der Waals surface area contributed by atoms with E-state index in [9.17, 15) is 13.6 Å². The number of carbonyl (C=O) groups excluding carboxylic acids is 1. The molecular weight excluding hydrogens is 346 g/mol. The van der Waals surface area contributed by atoms with Crippen LogP contribution in [0.5, 0.6) is 0 Å². The van der Waals surface area contributed by atoms with Crippen LogP contribution >= 0.6 is 11.3 Å². The van der Waals surface area contributed by atoms with Crippen LogP contribution in [0.2, 0.25) is 0 Å². The largest absolute Gasteiger partial charge is 0.302 e. The first-order valence-electron chi connectivity index (χ1n) is 7.46. The molecule has 8 heteroatoms. The van der Waals surface area contributed by atoms with Crippen LogP contribution in [0.1, 0.15) is 30.4 Å². The highest BCUT2D eigenvalue weighted by Crippen LogP contribution is 2.22. The Labute approximate surface area is 146 Å². The van der Waals surface area contributed by atoms with E-state index in [4.69, 9.17) is 6.42 Å². The van der Waals surface area contributed by atoms with Gasteiger partial charge >= 0.3 is 0 Å². The first kappa shape index (κ1) is 17.0. The highest BCUT2D eigenvalue weighted by atomic mass is 32.1. The molecule has 0 saturated carbocycles. The van der Waals surface area contributed by atoms with Gasteiger partial charge in [-0.25, -0.2) is 8.78 Å². The van der Waals surface area contributed by atoms with Crippen LogP contribution in [-0.4, -0.2) is 20.3 Å². The fourth-order valence-corrected chi connectivity index (χ4v) is 3.40. The summed E-state index contributed by atoms with van der Waals surface area (Å²) in [6, 6.07) is 3.63. The van der Waals surface area contributed by atoms with Crippen molar-refractivity contribution >= 4 is 27.5 Å². The highest BCUT2D eigenvalue weighted by molar-refractivity contribution is 7.16. The van der Waals surface area contributed by atoms with Crippen LogP contribution in [0.4, 0.5) is 8.78 Å². The van der Waals surface area contributed by atoms with Gasteiger partial charge in [-0.2, -0.15) is 10.1 Å². The Morgan fingerprint density at radius 3 is 2.84 bits per heavy atom. The predicted octanol–water partition coefficient (Wildman–Crippen LogP) is 3.13. The molecule has 0 aliphatic rings. The molecule has 128 valence electrons. The van der Waals surface area contributed by atoms with Crippen LogP contribution < -0.4 is 4.80 Å². The number of fused-ring (bicyclic) bond motifs is 1. The number of thiazole rings is 1. The number of aromatic nitrogens is 3. The molecule has 1 amide bonds. The molecular formula is C17H14F2N4OS. The van der Waals surface area contributed by atoms with Gasteiger partial charge in [0.25, 0.3) is 5.91 Å². The van der Waals surface area contributed by atoms with E-state index in [0.717, 1.165) is 17.4 Å². The third kappa shape index (κ3) is 3.23. The summed E-state index contributed by atoms with van der Waals surface area (Å²) in [5.74, 6) is 0.371. The lowest BCUT2D eigenvalue weighted by atomic mass is 10.3. The van der Waals surface area contributed by atoms with Crippen molar-refractivity contribution in [3.8, 4) is 12.3 Å². The Balaban J connectivity index is 2.14. The second-order valence-corrected chi connectivity index (χ2v) is 6.61. The zero-order chi connectivity index (χ0) is 18.1. The molecule has 0 radical (unpaired) electrons. The van der Waals surface area contributed by atoms with Crippen molar-refractivity contribution in [1.29, 1.82) is 0 Å². The van der Waals surface area contributed by atoms with E-state index in [0.29, 0.717) is 4.70 Å². The Hall–Kier alpha value is -2.79. The van der Waals surface area contributed by atoms with Crippen molar-refractivity contribution in [3.05, 3.63) is 46.5 Å². The molecule has 0 bridgehead atoms. The minimum atomic E-state index is -0.750. The standard InChI is InChI=1S/C17H14F2N4OS/c1-4-6-22-15-12(19)8-11(18)9-14(15)25-17(22)20-16(24)13-5-7-23(21-13)10(2)3/h1,5,7-10H,6H2,2-3H3. The molecule has 5 nitrogen and oxygen atoms in total. The van der Waals surface area contributed by atoms with Crippen LogP contribution in [0.25, 0.3) is 10.2 Å². The smallest absolute Gasteiger partial charge is 0.300 e. The van der Waals surface area contributed by atoms with Gasteiger partial charge in [-0.15, -0.1) is 6.42 Å². The molecule has 0 saturated heterocycles. The van der Waals surface area contributed by atoms with Crippen molar-refractivity contribution in [2.45, 2.75) is 26.4 Å². The second kappa shape index (κ2) is 6.61. The summed E-state index contributed by atoms with van der Waals surface area (Å²) in [5, 5.41) is 4.16. The Kier molecular flexibility index (Phi) is 4.51. The lowest BCUT2D eigenvalue weighted by molar-refractivity contribution is 0.0992. The van der Waals surface area contributed by atoms with E-state index >= 15 is 0 Å². The highest BCUT2D eigenvalue weighted by Gasteiger charge is 2.15. The summed E-state index contributed by atoms with van der Waals surface area (Å²) in [7, 11) is 0. The quantitative estimate of drug-likeness (QED) is 0.674. The molecule has 0 spiro atoms. The maximum atomic E-state index is 14.1. The van der Waals surface area contributed by atoms with E-state index in [2.05, 4.69) is 16.0 Å². The van der Waals surface area contributed by atoms with Crippen molar-refractivity contribution in [3.63, 3.8) is 0 Å². The Morgan fingerprint density at radius 2 is 2.20 bits per heavy atom. The van der Waals surface area contributed by atoms with E-state index in [1.165, 1.54) is 10.6 Å². The second-order valence-electron chi connectivity index (χ2n) is 5.60. The van der Waals surface area contributed by atoms with Crippen molar-refractivity contribution in [2.24, 2.45) is 4.99 Å².